The molecule has 1 aromatic heterocycles. The van der Waals surface area contributed by atoms with E-state index in [4.69, 9.17) is 5.73 Å². The van der Waals surface area contributed by atoms with Gasteiger partial charge in [0.1, 0.15) is 34.8 Å². The van der Waals surface area contributed by atoms with Gasteiger partial charge in [-0.3, -0.25) is 28.9 Å². The monoisotopic (exact) mass is 679 g/mol. The standard InChI is InChI=1S/C31H33N7O9S/c1-4-33-20(40)13-34-30(47)35-16-7-10-19-15(11-16)12-18(24(41)36-19)25(42)37(26(43)21(32)14-5-8-17(39)9-6-14)22-27(44)38-23(29(45)46)31(2,3)48-28(22)38/h5-12,21-23,28,39H,4,13,32H2,1-3H3,(H,33,40)(H,36,41)(H,45,46)(H2,34,35,47)/t21?,22-,23+,28-/m1/s1. The third kappa shape index (κ3) is 6.28. The second-order valence-electron chi connectivity index (χ2n) is 11.7. The number of pyridine rings is 1. The number of carboxylic acids is 1. The lowest BCUT2D eigenvalue weighted by Gasteiger charge is -2.47. The van der Waals surface area contributed by atoms with Crippen molar-refractivity contribution in [2.75, 3.05) is 18.4 Å². The number of anilines is 1. The molecule has 4 atom stereocenters. The molecule has 5 rings (SSSR count). The molecule has 3 aromatic rings. The lowest BCUT2D eigenvalue weighted by Crippen LogP contribution is -2.72. The summed E-state index contributed by atoms with van der Waals surface area (Å²) in [5.74, 6) is -4.71. The van der Waals surface area contributed by atoms with Crippen molar-refractivity contribution in [3.8, 4) is 5.75 Å². The Morgan fingerprint density at radius 1 is 1.06 bits per heavy atom. The average Bonchev–Trinajstić information content (AvgIpc) is 3.29. The number of β-lactam (4-membered cyclic amide) rings is 1. The maximum absolute atomic E-state index is 14.2. The molecule has 0 bridgehead atoms. The Morgan fingerprint density at radius 3 is 2.40 bits per heavy atom. The zero-order valence-corrected chi connectivity index (χ0v) is 26.8. The van der Waals surface area contributed by atoms with Gasteiger partial charge in [0.25, 0.3) is 23.3 Å². The summed E-state index contributed by atoms with van der Waals surface area (Å²) in [4.78, 5) is 95.5. The van der Waals surface area contributed by atoms with Gasteiger partial charge < -0.3 is 41.8 Å². The lowest BCUT2D eigenvalue weighted by molar-refractivity contribution is -0.166. The van der Waals surface area contributed by atoms with Gasteiger partial charge in [0.15, 0.2) is 0 Å². The fourth-order valence-corrected chi connectivity index (χ4v) is 7.41. The fourth-order valence-electron chi connectivity index (χ4n) is 5.74. The summed E-state index contributed by atoms with van der Waals surface area (Å²) in [6.45, 7) is 5.13. The van der Waals surface area contributed by atoms with Crippen LogP contribution in [0.15, 0.2) is 53.3 Å². The Morgan fingerprint density at radius 2 is 1.75 bits per heavy atom. The summed E-state index contributed by atoms with van der Waals surface area (Å²) in [5, 5.41) is 26.4. The number of thioether (sulfide) groups is 1. The molecule has 0 saturated carbocycles. The number of phenols is 1. The molecule has 8 N–H and O–H groups in total. The van der Waals surface area contributed by atoms with Crippen LogP contribution in [0.2, 0.25) is 0 Å². The van der Waals surface area contributed by atoms with E-state index in [-0.39, 0.29) is 40.4 Å². The average molecular weight is 680 g/mol. The van der Waals surface area contributed by atoms with Crippen LogP contribution < -0.4 is 27.2 Å². The summed E-state index contributed by atoms with van der Waals surface area (Å²) in [6.07, 6.45) is 0. The number of carbonyl (C=O) groups excluding carboxylic acids is 5. The minimum Gasteiger partial charge on any atom is -0.508 e. The normalized spacial score (nSPS) is 19.9. The van der Waals surface area contributed by atoms with Crippen LogP contribution in [-0.2, 0) is 19.2 Å². The van der Waals surface area contributed by atoms with Crippen LogP contribution in [0.3, 0.4) is 0 Å². The number of fused-ring (bicyclic) bond motifs is 2. The molecule has 0 aliphatic carbocycles. The number of imide groups is 1. The molecule has 2 aliphatic heterocycles. The van der Waals surface area contributed by atoms with E-state index in [2.05, 4.69) is 20.9 Å². The molecule has 16 nitrogen and oxygen atoms in total. The van der Waals surface area contributed by atoms with Crippen LogP contribution in [0.5, 0.6) is 5.75 Å². The van der Waals surface area contributed by atoms with Crippen LogP contribution in [-0.4, -0.2) is 95.9 Å². The summed E-state index contributed by atoms with van der Waals surface area (Å²) in [6, 6.07) is 6.03. The quantitative estimate of drug-likeness (QED) is 0.155. The highest BCUT2D eigenvalue weighted by molar-refractivity contribution is 8.01. The number of urea groups is 1. The van der Waals surface area contributed by atoms with Crippen LogP contribution in [0.4, 0.5) is 10.5 Å². The summed E-state index contributed by atoms with van der Waals surface area (Å²) < 4.78 is -0.979. The van der Waals surface area contributed by atoms with E-state index in [1.807, 2.05) is 0 Å². The zero-order chi connectivity index (χ0) is 35.1. The minimum atomic E-state index is -1.50. The van der Waals surface area contributed by atoms with Gasteiger partial charge in [-0.25, -0.2) is 9.59 Å². The van der Waals surface area contributed by atoms with Gasteiger partial charge in [-0.05, 0) is 62.7 Å². The zero-order valence-electron chi connectivity index (χ0n) is 26.0. The van der Waals surface area contributed by atoms with Crippen molar-refractivity contribution >= 4 is 64.0 Å². The molecular weight excluding hydrogens is 646 g/mol. The first-order valence-electron chi connectivity index (χ1n) is 14.8. The number of aromatic nitrogens is 1. The Labute approximate surface area is 277 Å². The number of likely N-dealkylation sites (N-methyl/N-ethyl adjacent to an activating group) is 1. The number of hydrogen-bond donors (Lipinski definition) is 7. The molecule has 2 aliphatic rings. The Bertz CT molecular complexity index is 1900. The minimum absolute atomic E-state index is 0.100. The van der Waals surface area contributed by atoms with E-state index < -0.39 is 69.1 Å². The van der Waals surface area contributed by atoms with E-state index in [1.54, 1.807) is 20.8 Å². The largest absolute Gasteiger partial charge is 0.508 e. The van der Waals surface area contributed by atoms with Crippen molar-refractivity contribution in [3.05, 3.63) is 70.0 Å². The number of rotatable bonds is 9. The SMILES string of the molecule is CCNC(=O)CNC(=O)Nc1ccc2[nH]c(=O)c(C(=O)N(C(=O)C(N)c3ccc(O)cc3)[C@@H]3C(=O)N4[C@@H]3SC(C)(C)[C@@H]4C(=O)O)cc2c1. The molecule has 3 heterocycles. The Kier molecular flexibility index (Phi) is 9.19. The number of phenolic OH excluding ortho intramolecular Hbond substituents is 1. The number of aromatic hydroxyl groups is 1. The second kappa shape index (κ2) is 13.0. The number of nitrogens with one attached hydrogen (secondary N) is 4. The van der Waals surface area contributed by atoms with Gasteiger partial charge in [0.05, 0.1) is 6.54 Å². The number of benzene rings is 2. The number of nitrogens with two attached hydrogens (primary N) is 1. The predicted molar refractivity (Wildman–Crippen MR) is 174 cm³/mol. The van der Waals surface area contributed by atoms with Gasteiger partial charge >= 0.3 is 12.0 Å². The number of nitrogens with zero attached hydrogens (tertiary/aromatic N) is 2. The van der Waals surface area contributed by atoms with Crippen molar-refractivity contribution in [1.29, 1.82) is 0 Å². The first-order chi connectivity index (χ1) is 22.6. The van der Waals surface area contributed by atoms with Gasteiger partial charge in [0.2, 0.25) is 5.91 Å². The van der Waals surface area contributed by atoms with Crippen molar-refractivity contribution in [1.82, 2.24) is 25.4 Å². The summed E-state index contributed by atoms with van der Waals surface area (Å²) in [7, 11) is 0. The van der Waals surface area contributed by atoms with Crippen molar-refractivity contribution in [3.63, 3.8) is 0 Å². The molecular formula is C31H33N7O9S. The number of amides is 6. The summed E-state index contributed by atoms with van der Waals surface area (Å²) in [5.41, 5.74) is 5.62. The molecule has 2 aromatic carbocycles. The highest BCUT2D eigenvalue weighted by Gasteiger charge is 2.66. The molecule has 2 saturated heterocycles. The van der Waals surface area contributed by atoms with Crippen molar-refractivity contribution in [2.45, 2.75) is 49.0 Å². The number of carboxylic acid groups (broad SMARTS) is 1. The first kappa shape index (κ1) is 33.9. The van der Waals surface area contributed by atoms with Gasteiger partial charge in [0, 0.05) is 27.9 Å². The predicted octanol–water partition coefficient (Wildman–Crippen LogP) is 0.676. The van der Waals surface area contributed by atoms with Crippen LogP contribution in [0.1, 0.15) is 42.7 Å². The fraction of sp³-hybridized carbons (Fsp3) is 0.323. The third-order valence-corrected chi connectivity index (χ3v) is 9.57. The van der Waals surface area contributed by atoms with Gasteiger partial charge in [-0.2, -0.15) is 0 Å². The molecule has 0 spiro atoms. The maximum Gasteiger partial charge on any atom is 0.327 e. The van der Waals surface area contributed by atoms with Gasteiger partial charge in [-0.1, -0.05) is 12.1 Å². The number of H-pyrrole nitrogens is 1. The third-order valence-electron chi connectivity index (χ3n) is 8.02. The first-order valence-corrected chi connectivity index (χ1v) is 15.7. The lowest BCUT2D eigenvalue weighted by atomic mass is 9.94. The number of carbonyl (C=O) groups is 6. The highest BCUT2D eigenvalue weighted by atomic mass is 32.2. The molecule has 252 valence electrons. The molecule has 1 unspecified atom stereocenters. The van der Waals surface area contributed by atoms with Crippen LogP contribution in [0, 0.1) is 0 Å². The molecule has 17 heteroatoms. The van der Waals surface area contributed by atoms with E-state index in [9.17, 15) is 43.8 Å². The van der Waals surface area contributed by atoms with E-state index in [0.29, 0.717) is 11.4 Å². The van der Waals surface area contributed by atoms with Crippen molar-refractivity contribution < 1.29 is 39.0 Å². The van der Waals surface area contributed by atoms with Crippen molar-refractivity contribution in [2.24, 2.45) is 5.73 Å². The molecule has 2 fully saturated rings. The number of aromatic amines is 1. The number of aliphatic carboxylic acids is 1. The van der Waals surface area contributed by atoms with E-state index in [1.165, 1.54) is 48.5 Å². The Hall–Kier alpha value is -5.42. The van der Waals surface area contributed by atoms with Crippen LogP contribution >= 0.6 is 11.8 Å². The molecule has 48 heavy (non-hydrogen) atoms. The topological polar surface area (TPSA) is 244 Å². The molecule has 6 amide bonds. The van der Waals surface area contributed by atoms with Gasteiger partial charge in [-0.15, -0.1) is 11.8 Å². The van der Waals surface area contributed by atoms with E-state index >= 15 is 0 Å². The highest BCUT2D eigenvalue weighted by Crippen LogP contribution is 2.52. The van der Waals surface area contributed by atoms with Crippen LogP contribution in [0.25, 0.3) is 10.9 Å². The van der Waals surface area contributed by atoms with E-state index in [0.717, 1.165) is 16.7 Å². The maximum atomic E-state index is 14.2. The number of hydrogen-bond acceptors (Lipinski definition) is 10. The summed E-state index contributed by atoms with van der Waals surface area (Å²) >= 11 is 1.10. The Balaban J connectivity index is 1.50. The smallest absolute Gasteiger partial charge is 0.327 e. The molecule has 0 radical (unpaired) electrons. The second-order valence-corrected chi connectivity index (χ2v) is 13.5.